The molecular formula is C33H42Cl2FN5O4. The van der Waals surface area contributed by atoms with Crippen molar-refractivity contribution in [3.8, 4) is 11.5 Å². The Morgan fingerprint density at radius 3 is 2.47 bits per heavy atom. The van der Waals surface area contributed by atoms with Crippen molar-refractivity contribution in [1.82, 2.24) is 9.80 Å². The lowest BCUT2D eigenvalue weighted by molar-refractivity contribution is -0.0936. The average molecular weight is 663 g/mol. The van der Waals surface area contributed by atoms with Crippen LogP contribution < -0.4 is 14.8 Å². The second-order valence-corrected chi connectivity index (χ2v) is 13.7. The number of hydrogen-bond acceptors (Lipinski definition) is 7. The number of nitrogens with one attached hydrogen (secondary N) is 1. The van der Waals surface area contributed by atoms with Gasteiger partial charge in [-0.1, -0.05) is 29.6 Å². The molecule has 2 aromatic rings. The van der Waals surface area contributed by atoms with Gasteiger partial charge in [0.05, 0.1) is 21.4 Å². The number of carbonyl (C=O) groups is 1. The molecule has 3 fully saturated rings. The number of halogens is 3. The average Bonchev–Trinajstić information content (AvgIpc) is 3.02. The standard InChI is InChI=1S/C33H42Cl2FN5O4/c1-33(2,3)45-32(42)41-18-20-15-21(19-41)30(20)44-27-16-22(31(38-5)39-24-10-9-23(34)28(35)29(24)36)25(37-4)17-26(27)43-14-13-40-11-7-6-8-12-40/h9-10,16-17,20-21,30H,4,6-8,11-15,18-19H2,1-3,5H3,(H,38,39)/t20-,21+,30?. The van der Waals surface area contributed by atoms with Crippen molar-refractivity contribution < 1.29 is 23.4 Å². The molecule has 45 heavy (non-hydrogen) atoms. The predicted octanol–water partition coefficient (Wildman–Crippen LogP) is 7.45. The molecule has 12 heteroatoms. The Morgan fingerprint density at radius 1 is 1.11 bits per heavy atom. The van der Waals surface area contributed by atoms with E-state index >= 15 is 0 Å². The number of ether oxygens (including phenoxy) is 3. The molecule has 1 N–H and O–H groups in total. The summed E-state index contributed by atoms with van der Waals surface area (Å²) in [5.41, 5.74) is 0.601. The van der Waals surface area contributed by atoms with E-state index in [4.69, 9.17) is 37.4 Å². The monoisotopic (exact) mass is 661 g/mol. The summed E-state index contributed by atoms with van der Waals surface area (Å²) in [4.78, 5) is 25.6. The van der Waals surface area contributed by atoms with Crippen LogP contribution in [0.25, 0.3) is 0 Å². The van der Waals surface area contributed by atoms with E-state index in [1.54, 1.807) is 18.0 Å². The van der Waals surface area contributed by atoms with Crippen molar-refractivity contribution in [2.45, 2.75) is 58.2 Å². The van der Waals surface area contributed by atoms with Crippen molar-refractivity contribution in [1.29, 1.82) is 0 Å². The van der Waals surface area contributed by atoms with Gasteiger partial charge in [-0.25, -0.2) is 9.18 Å². The van der Waals surface area contributed by atoms with Gasteiger partial charge in [-0.05, 0) is 78.0 Å². The molecule has 1 saturated carbocycles. The fraction of sp³-hybridized carbons (Fsp3) is 0.545. The van der Waals surface area contributed by atoms with Crippen molar-refractivity contribution in [3.63, 3.8) is 0 Å². The Hall–Kier alpha value is -3.08. The van der Waals surface area contributed by atoms with E-state index in [0.29, 0.717) is 48.3 Å². The van der Waals surface area contributed by atoms with Crippen LogP contribution >= 0.6 is 23.2 Å². The molecule has 2 saturated heterocycles. The van der Waals surface area contributed by atoms with Crippen molar-refractivity contribution in [3.05, 3.63) is 45.7 Å². The van der Waals surface area contributed by atoms with E-state index in [1.165, 1.54) is 31.4 Å². The molecule has 2 bridgehead atoms. The van der Waals surface area contributed by atoms with Crippen LogP contribution in [0.15, 0.2) is 34.3 Å². The van der Waals surface area contributed by atoms with Gasteiger partial charge >= 0.3 is 6.09 Å². The van der Waals surface area contributed by atoms with Gasteiger partial charge in [0.2, 0.25) is 0 Å². The smallest absolute Gasteiger partial charge is 0.410 e. The van der Waals surface area contributed by atoms with Crippen LogP contribution in [0, 0.1) is 17.7 Å². The zero-order valence-electron chi connectivity index (χ0n) is 26.4. The summed E-state index contributed by atoms with van der Waals surface area (Å²) < 4.78 is 33.6. The van der Waals surface area contributed by atoms with Crippen LogP contribution in [0.5, 0.6) is 11.5 Å². The minimum atomic E-state index is -0.690. The molecule has 244 valence electrons. The topological polar surface area (TPSA) is 88.0 Å². The number of amides is 1. The Morgan fingerprint density at radius 2 is 1.82 bits per heavy atom. The number of nitrogens with zero attached hydrogens (tertiary/aromatic N) is 4. The van der Waals surface area contributed by atoms with Crippen LogP contribution in [0.4, 0.5) is 20.6 Å². The lowest BCUT2D eigenvalue weighted by atomic mass is 9.68. The molecule has 2 aliphatic heterocycles. The molecule has 9 nitrogen and oxygen atoms in total. The van der Waals surface area contributed by atoms with Crippen LogP contribution in [0.2, 0.25) is 10.0 Å². The van der Waals surface area contributed by atoms with Gasteiger partial charge in [0, 0.05) is 50.1 Å². The van der Waals surface area contributed by atoms with E-state index in [0.717, 1.165) is 26.1 Å². The second kappa shape index (κ2) is 14.1. The van der Waals surface area contributed by atoms with Crippen LogP contribution in [0.1, 0.15) is 52.0 Å². The zero-order valence-corrected chi connectivity index (χ0v) is 27.9. The highest BCUT2D eigenvalue weighted by Crippen LogP contribution is 2.46. The van der Waals surface area contributed by atoms with E-state index < -0.39 is 11.4 Å². The minimum Gasteiger partial charge on any atom is -0.488 e. The first kappa shape index (κ1) is 33.3. The Labute approximate surface area is 274 Å². The number of aliphatic imine (C=N–C) groups is 2. The molecule has 1 aliphatic carbocycles. The molecule has 5 rings (SSSR count). The van der Waals surface area contributed by atoms with E-state index in [1.807, 2.05) is 26.8 Å². The number of likely N-dealkylation sites (tertiary alicyclic amines) is 2. The number of piperidine rings is 3. The molecule has 0 radical (unpaired) electrons. The summed E-state index contributed by atoms with van der Waals surface area (Å²) >= 11 is 12.1. The number of rotatable bonds is 9. The number of hydrogen-bond donors (Lipinski definition) is 1. The highest BCUT2D eigenvalue weighted by atomic mass is 35.5. The SMILES string of the molecule is C=Nc1cc(OCCN2CCCCC2)c(OC2[C@@H]3C[C@H]2CN(C(=O)OC(C)(C)C)C3)cc1C(=NC)Nc1ccc(Cl)c(Cl)c1F. The van der Waals surface area contributed by atoms with Crippen molar-refractivity contribution in [2.75, 3.05) is 51.7 Å². The minimum absolute atomic E-state index is 0.106. The van der Waals surface area contributed by atoms with Crippen LogP contribution in [0.3, 0.4) is 0 Å². The third-order valence-corrected chi connectivity index (χ3v) is 9.25. The second-order valence-electron chi connectivity index (χ2n) is 12.9. The summed E-state index contributed by atoms with van der Waals surface area (Å²) in [6.07, 6.45) is 4.22. The van der Waals surface area contributed by atoms with E-state index in [2.05, 4.69) is 26.9 Å². The number of anilines is 1. The lowest BCUT2D eigenvalue weighted by Gasteiger charge is -2.52. The van der Waals surface area contributed by atoms with Crippen molar-refractivity contribution >= 4 is 53.2 Å². The summed E-state index contributed by atoms with van der Waals surface area (Å²) in [6, 6.07) is 6.61. The number of carbonyl (C=O) groups excluding carboxylic acids is 1. The molecule has 0 spiro atoms. The normalized spacial score (nSPS) is 22.0. The molecule has 3 aliphatic rings. The van der Waals surface area contributed by atoms with Gasteiger partial charge in [0.15, 0.2) is 17.3 Å². The maximum atomic E-state index is 15.0. The zero-order chi connectivity index (χ0) is 32.3. The predicted molar refractivity (Wildman–Crippen MR) is 178 cm³/mol. The first-order valence-electron chi connectivity index (χ1n) is 15.5. The molecule has 2 heterocycles. The maximum Gasteiger partial charge on any atom is 0.410 e. The highest BCUT2D eigenvalue weighted by Gasteiger charge is 2.50. The highest BCUT2D eigenvalue weighted by molar-refractivity contribution is 6.42. The van der Waals surface area contributed by atoms with E-state index in [-0.39, 0.29) is 39.8 Å². The third kappa shape index (κ3) is 7.84. The fourth-order valence-corrected chi connectivity index (χ4v) is 6.51. The van der Waals surface area contributed by atoms with Gasteiger partial charge < -0.3 is 24.4 Å². The Balaban J connectivity index is 1.39. The summed E-state index contributed by atoms with van der Waals surface area (Å²) in [7, 11) is 1.59. The lowest BCUT2D eigenvalue weighted by Crippen LogP contribution is -2.62. The van der Waals surface area contributed by atoms with Gasteiger partial charge in [-0.15, -0.1) is 0 Å². The summed E-state index contributed by atoms with van der Waals surface area (Å²) in [5, 5.41) is 2.96. The number of amidine groups is 1. The number of fused-ring (bicyclic) bond motifs is 2. The Kier molecular flexibility index (Phi) is 10.5. The summed E-state index contributed by atoms with van der Waals surface area (Å²) in [6.45, 7) is 13.9. The Bertz CT molecular complexity index is 1430. The molecular weight excluding hydrogens is 620 g/mol. The van der Waals surface area contributed by atoms with Crippen LogP contribution in [-0.4, -0.2) is 86.5 Å². The summed E-state index contributed by atoms with van der Waals surface area (Å²) in [5.74, 6) is 1.03. The quantitative estimate of drug-likeness (QED) is 0.171. The van der Waals surface area contributed by atoms with Gasteiger partial charge in [-0.3, -0.25) is 14.9 Å². The largest absolute Gasteiger partial charge is 0.488 e. The fourth-order valence-electron chi connectivity index (χ4n) is 6.19. The van der Waals surface area contributed by atoms with Gasteiger partial charge in [0.25, 0.3) is 0 Å². The van der Waals surface area contributed by atoms with Gasteiger partial charge in [-0.2, -0.15) is 0 Å². The van der Waals surface area contributed by atoms with Gasteiger partial charge in [0.1, 0.15) is 24.1 Å². The van der Waals surface area contributed by atoms with Crippen LogP contribution in [-0.2, 0) is 4.74 Å². The molecule has 0 aromatic heterocycles. The maximum absolute atomic E-state index is 15.0. The molecule has 3 atom stereocenters. The molecule has 1 unspecified atom stereocenters. The van der Waals surface area contributed by atoms with E-state index in [9.17, 15) is 9.18 Å². The van der Waals surface area contributed by atoms with Crippen molar-refractivity contribution in [2.24, 2.45) is 21.8 Å². The third-order valence-electron chi connectivity index (χ3n) is 8.47. The molecule has 2 aromatic carbocycles. The number of benzene rings is 2. The molecule has 1 amide bonds. The first-order chi connectivity index (χ1) is 21.5. The first-order valence-corrected chi connectivity index (χ1v) is 16.2.